The average molecular weight is 388 g/mol. The third kappa shape index (κ3) is 4.14. The molecule has 1 nitrogen and oxygen atoms in total. The van der Waals surface area contributed by atoms with Crippen LogP contribution in [0.15, 0.2) is 24.4 Å². The molecular weight excluding hydrogens is 366 g/mol. The van der Waals surface area contributed by atoms with Gasteiger partial charge in [0.15, 0.2) is 0 Å². The van der Waals surface area contributed by atoms with E-state index in [1.165, 1.54) is 16.5 Å². The zero-order chi connectivity index (χ0) is 11.8. The van der Waals surface area contributed by atoms with Crippen LogP contribution in [0.25, 0.3) is 10.9 Å². The number of para-hydroxylation sites is 1. The van der Waals surface area contributed by atoms with E-state index in [0.29, 0.717) is 0 Å². The number of benzene rings is 1. The first kappa shape index (κ1) is 17.8. The molecule has 0 saturated heterocycles. The predicted molar refractivity (Wildman–Crippen MR) is 69.2 cm³/mol. The second-order valence-electron chi connectivity index (χ2n) is 2.86. The molecule has 0 saturated carbocycles. The topological polar surface area (TPSA) is 4.93 Å². The molecule has 90 valence electrons. The summed E-state index contributed by atoms with van der Waals surface area (Å²) in [5.74, 6) is 0. The summed E-state index contributed by atoms with van der Waals surface area (Å²) in [6.07, 6.45) is 2.13. The molecule has 0 spiro atoms. The third-order valence-corrected chi connectivity index (χ3v) is 2.00. The smallest absolute Gasteiger partial charge is 0.00892 e. The van der Waals surface area contributed by atoms with E-state index in [4.69, 9.17) is 0 Å². The van der Waals surface area contributed by atoms with Crippen LogP contribution in [0, 0.1) is 13.0 Å². The van der Waals surface area contributed by atoms with Crippen molar-refractivity contribution in [1.82, 2.24) is 4.57 Å². The van der Waals surface area contributed by atoms with Gasteiger partial charge in [-0.3, -0.25) is 0 Å². The van der Waals surface area contributed by atoms with Gasteiger partial charge in [0.05, 0.1) is 0 Å². The molecule has 2 heteroatoms. The summed E-state index contributed by atoms with van der Waals surface area (Å²) in [6.45, 7) is 10.1. The fourth-order valence-corrected chi connectivity index (χ4v) is 1.46. The van der Waals surface area contributed by atoms with Gasteiger partial charge >= 0.3 is 0 Å². The summed E-state index contributed by atoms with van der Waals surface area (Å²) in [5.41, 5.74) is 2.50. The minimum absolute atomic E-state index is 0. The second-order valence-corrected chi connectivity index (χ2v) is 2.86. The van der Waals surface area contributed by atoms with Crippen LogP contribution in [0.4, 0.5) is 0 Å². The van der Waals surface area contributed by atoms with Crippen LogP contribution in [0.5, 0.6) is 0 Å². The SMILES string of the molecule is CC.CC.Cc1cn(C)c2[c-]cccc12.[W]. The van der Waals surface area contributed by atoms with E-state index in [1.54, 1.807) is 0 Å². The van der Waals surface area contributed by atoms with E-state index in [2.05, 4.69) is 29.8 Å². The standard InChI is InChI=1S/C10H10N.2C2H6.W/c1-8-7-11(2)10-6-4-3-5-9(8)10;2*1-2;/h3-5,7H,1-2H3;2*1-2H3;/q-1;;;. The number of rotatable bonds is 0. The number of hydrogen-bond donors (Lipinski definition) is 0. The van der Waals surface area contributed by atoms with Crippen molar-refractivity contribution >= 4 is 10.9 Å². The van der Waals surface area contributed by atoms with Crippen molar-refractivity contribution in [2.24, 2.45) is 7.05 Å². The van der Waals surface area contributed by atoms with Gasteiger partial charge in [-0.25, -0.2) is 0 Å². The molecule has 0 aliphatic carbocycles. The monoisotopic (exact) mass is 388 g/mol. The molecule has 1 aromatic carbocycles. The summed E-state index contributed by atoms with van der Waals surface area (Å²) in [7, 11) is 2.05. The zero-order valence-corrected chi connectivity index (χ0v) is 14.1. The van der Waals surface area contributed by atoms with Gasteiger partial charge in [0.2, 0.25) is 0 Å². The van der Waals surface area contributed by atoms with Crippen molar-refractivity contribution in [3.8, 4) is 0 Å². The minimum Gasteiger partial charge on any atom is -0.374 e. The molecule has 0 N–H and O–H groups in total. The van der Waals surface area contributed by atoms with Gasteiger partial charge < -0.3 is 4.57 Å². The van der Waals surface area contributed by atoms with Crippen molar-refractivity contribution in [2.75, 3.05) is 0 Å². The molecule has 0 fully saturated rings. The normalized spacial score (nSPS) is 8.12. The van der Waals surface area contributed by atoms with Gasteiger partial charge in [-0.15, -0.1) is 5.39 Å². The van der Waals surface area contributed by atoms with E-state index < -0.39 is 0 Å². The van der Waals surface area contributed by atoms with Crippen LogP contribution in [0.2, 0.25) is 0 Å². The van der Waals surface area contributed by atoms with Gasteiger partial charge in [0.25, 0.3) is 0 Å². The number of nitrogens with zero attached hydrogens (tertiary/aromatic N) is 1. The second kappa shape index (κ2) is 9.66. The van der Waals surface area contributed by atoms with E-state index in [0.717, 1.165) is 0 Å². The summed E-state index contributed by atoms with van der Waals surface area (Å²) < 4.78 is 2.10. The maximum absolute atomic E-state index is 3.20. The van der Waals surface area contributed by atoms with E-state index in [1.807, 2.05) is 46.9 Å². The molecule has 2 aromatic rings. The van der Waals surface area contributed by atoms with Crippen LogP contribution < -0.4 is 0 Å². The van der Waals surface area contributed by atoms with Crippen molar-refractivity contribution < 1.29 is 21.1 Å². The Bertz CT molecular complexity index is 355. The molecule has 0 unspecified atom stereocenters. The van der Waals surface area contributed by atoms with E-state index >= 15 is 0 Å². The molecular formula is C14H22NW-. The molecule has 0 atom stereocenters. The Labute approximate surface area is 114 Å². The van der Waals surface area contributed by atoms with Crippen LogP contribution in [0.3, 0.4) is 0 Å². The Hall–Kier alpha value is -0.552. The molecule has 0 bridgehead atoms. The first-order valence-electron chi connectivity index (χ1n) is 5.71. The van der Waals surface area contributed by atoms with Crippen LogP contribution >= 0.6 is 0 Å². The van der Waals surface area contributed by atoms with Crippen LogP contribution in [0.1, 0.15) is 33.3 Å². The van der Waals surface area contributed by atoms with Crippen molar-refractivity contribution in [3.63, 3.8) is 0 Å². The molecule has 1 heterocycles. The predicted octanol–water partition coefficient (Wildman–Crippen LogP) is 4.34. The quantitative estimate of drug-likeness (QED) is 0.592. The summed E-state index contributed by atoms with van der Waals surface area (Å²) in [6, 6.07) is 9.30. The molecule has 16 heavy (non-hydrogen) atoms. The van der Waals surface area contributed by atoms with Gasteiger partial charge in [-0.05, 0) is 13.1 Å². The summed E-state index contributed by atoms with van der Waals surface area (Å²) >= 11 is 0. The Morgan fingerprint density at radius 2 is 1.69 bits per heavy atom. The Morgan fingerprint density at radius 1 is 1.12 bits per heavy atom. The molecule has 0 aliphatic rings. The fourth-order valence-electron chi connectivity index (χ4n) is 1.46. The van der Waals surface area contributed by atoms with Crippen molar-refractivity contribution in [1.29, 1.82) is 0 Å². The van der Waals surface area contributed by atoms with Gasteiger partial charge in [-0.1, -0.05) is 38.8 Å². The van der Waals surface area contributed by atoms with Crippen molar-refractivity contribution in [3.05, 3.63) is 36.0 Å². The van der Waals surface area contributed by atoms with E-state index in [9.17, 15) is 0 Å². The average Bonchev–Trinajstić information content (AvgIpc) is 2.61. The van der Waals surface area contributed by atoms with Crippen LogP contribution in [-0.4, -0.2) is 4.57 Å². The molecule has 0 aliphatic heterocycles. The number of fused-ring (bicyclic) bond motifs is 1. The van der Waals surface area contributed by atoms with E-state index in [-0.39, 0.29) is 21.1 Å². The van der Waals surface area contributed by atoms with Gasteiger partial charge in [0.1, 0.15) is 0 Å². The van der Waals surface area contributed by atoms with Gasteiger partial charge in [-0.2, -0.15) is 24.3 Å². The minimum atomic E-state index is 0. The maximum atomic E-state index is 3.20. The number of aromatic nitrogens is 1. The Balaban J connectivity index is 0. The summed E-state index contributed by atoms with van der Waals surface area (Å²) in [5, 5.41) is 1.30. The van der Waals surface area contributed by atoms with Crippen molar-refractivity contribution in [2.45, 2.75) is 34.6 Å². The summed E-state index contributed by atoms with van der Waals surface area (Å²) in [4.78, 5) is 0. The number of hydrogen-bond acceptors (Lipinski definition) is 0. The third-order valence-electron chi connectivity index (χ3n) is 2.00. The largest absolute Gasteiger partial charge is 0.374 e. The molecule has 1 aromatic heterocycles. The Kier molecular flexibility index (Phi) is 10.8. The fraction of sp³-hybridized carbons (Fsp3) is 0.429. The number of aryl methyl sites for hydroxylation is 2. The van der Waals surface area contributed by atoms with Gasteiger partial charge in [0, 0.05) is 28.1 Å². The molecule has 0 amide bonds. The van der Waals surface area contributed by atoms with Crippen LogP contribution in [-0.2, 0) is 28.1 Å². The first-order valence-corrected chi connectivity index (χ1v) is 5.71. The maximum Gasteiger partial charge on any atom is 0.00892 e. The first-order chi connectivity index (χ1) is 7.29. The zero-order valence-electron chi connectivity index (χ0n) is 11.2. The molecule has 2 rings (SSSR count). The molecule has 0 radical (unpaired) electrons. The Morgan fingerprint density at radius 3 is 2.19 bits per heavy atom.